The lowest BCUT2D eigenvalue weighted by molar-refractivity contribution is 0.194. The van der Waals surface area contributed by atoms with E-state index in [1.54, 1.807) is 28.6 Å². The van der Waals surface area contributed by atoms with E-state index in [-0.39, 0.29) is 6.61 Å². The van der Waals surface area contributed by atoms with Crippen LogP contribution in [-0.4, -0.2) is 91.7 Å². The summed E-state index contributed by atoms with van der Waals surface area (Å²) in [6.07, 6.45) is 3.00. The lowest BCUT2D eigenvalue weighted by Crippen LogP contribution is -2.49. The Morgan fingerprint density at radius 3 is 2.50 bits per heavy atom. The van der Waals surface area contributed by atoms with Crippen molar-refractivity contribution >= 4 is 32.7 Å². The van der Waals surface area contributed by atoms with Crippen LogP contribution in [0.5, 0.6) is 0 Å². The molecule has 0 amide bonds. The minimum Gasteiger partial charge on any atom is -0.396 e. The zero-order valence-corrected chi connectivity index (χ0v) is 22.9. The molecule has 38 heavy (non-hydrogen) atoms. The molecule has 1 aromatic heterocycles. The predicted octanol–water partition coefficient (Wildman–Crippen LogP) is 2.96. The maximum atomic E-state index is 12.9. The van der Waals surface area contributed by atoms with Gasteiger partial charge in [-0.05, 0) is 55.9 Å². The van der Waals surface area contributed by atoms with E-state index in [4.69, 9.17) is 9.97 Å². The molecule has 2 N–H and O–H groups in total. The monoisotopic (exact) mass is 538 g/mol. The quantitative estimate of drug-likeness (QED) is 0.452. The summed E-state index contributed by atoms with van der Waals surface area (Å²) in [7, 11) is -3.45. The first-order chi connectivity index (χ1) is 18.5. The highest BCUT2D eigenvalue weighted by atomic mass is 32.2. The Morgan fingerprint density at radius 2 is 1.74 bits per heavy atom. The van der Waals surface area contributed by atoms with Crippen molar-refractivity contribution in [2.45, 2.75) is 31.1 Å². The van der Waals surface area contributed by atoms with E-state index in [2.05, 4.69) is 34.2 Å². The fourth-order valence-electron chi connectivity index (χ4n) is 5.38. The summed E-state index contributed by atoms with van der Waals surface area (Å²) >= 11 is 0. The van der Waals surface area contributed by atoms with Gasteiger partial charge in [0, 0.05) is 64.4 Å². The van der Waals surface area contributed by atoms with E-state index in [1.807, 2.05) is 12.1 Å². The number of aromatic nitrogens is 2. The van der Waals surface area contributed by atoms with Crippen molar-refractivity contribution in [3.05, 3.63) is 54.1 Å². The van der Waals surface area contributed by atoms with Gasteiger partial charge in [-0.15, -0.1) is 0 Å². The Hall–Kier alpha value is -2.79. The molecule has 2 fully saturated rings. The minimum atomic E-state index is -3.45. The van der Waals surface area contributed by atoms with Gasteiger partial charge in [0.2, 0.25) is 16.0 Å². The Kier molecular flexibility index (Phi) is 8.42. The van der Waals surface area contributed by atoms with Crippen LogP contribution in [0.3, 0.4) is 0 Å². The molecule has 2 aliphatic heterocycles. The number of nitrogens with zero attached hydrogens (tertiary/aromatic N) is 5. The third-order valence-corrected chi connectivity index (χ3v) is 9.65. The average Bonchev–Trinajstić information content (AvgIpc) is 3.20. The van der Waals surface area contributed by atoms with Gasteiger partial charge in [-0.25, -0.2) is 13.4 Å². The Balaban J connectivity index is 1.23. The number of aliphatic hydroxyl groups excluding tert-OH is 1. The molecule has 0 radical (unpaired) electrons. The molecule has 1 unspecified atom stereocenters. The second kappa shape index (κ2) is 11.9. The third-order valence-electron chi connectivity index (χ3n) is 7.74. The zero-order valence-electron chi connectivity index (χ0n) is 22.1. The summed E-state index contributed by atoms with van der Waals surface area (Å²) in [5.74, 6) is 1.93. The topological polar surface area (TPSA) is 102 Å². The molecular formula is C28H38N6O3S. The van der Waals surface area contributed by atoms with E-state index < -0.39 is 10.0 Å². The molecule has 2 saturated heterocycles. The molecule has 9 nitrogen and oxygen atoms in total. The number of aliphatic hydroxyl groups is 1. The number of fused-ring (bicyclic) bond motifs is 1. The molecule has 0 spiro atoms. The van der Waals surface area contributed by atoms with Crippen molar-refractivity contribution in [2.75, 3.05) is 69.2 Å². The predicted molar refractivity (Wildman–Crippen MR) is 151 cm³/mol. The highest BCUT2D eigenvalue weighted by Gasteiger charge is 2.28. The van der Waals surface area contributed by atoms with Crippen LogP contribution < -0.4 is 10.2 Å². The number of rotatable bonds is 8. The van der Waals surface area contributed by atoms with Crippen molar-refractivity contribution in [1.29, 1.82) is 0 Å². The van der Waals surface area contributed by atoms with Gasteiger partial charge in [0.1, 0.15) is 5.82 Å². The number of sulfonamides is 1. The molecule has 10 heteroatoms. The summed E-state index contributed by atoms with van der Waals surface area (Å²) in [6, 6.07) is 14.8. The number of benzene rings is 2. The van der Waals surface area contributed by atoms with E-state index in [9.17, 15) is 13.5 Å². The summed E-state index contributed by atoms with van der Waals surface area (Å²) in [6.45, 7) is 7.93. The van der Waals surface area contributed by atoms with Crippen LogP contribution in [0.2, 0.25) is 0 Å². The van der Waals surface area contributed by atoms with Crippen LogP contribution in [0.25, 0.3) is 10.9 Å². The van der Waals surface area contributed by atoms with Gasteiger partial charge in [0.05, 0.1) is 10.4 Å². The Labute approximate surface area is 225 Å². The van der Waals surface area contributed by atoms with Crippen molar-refractivity contribution < 1.29 is 13.5 Å². The molecule has 2 aliphatic rings. The molecule has 2 aromatic carbocycles. The van der Waals surface area contributed by atoms with Crippen molar-refractivity contribution in [1.82, 2.24) is 19.2 Å². The highest BCUT2D eigenvalue weighted by molar-refractivity contribution is 7.89. The van der Waals surface area contributed by atoms with Gasteiger partial charge < -0.3 is 15.3 Å². The second-order valence-electron chi connectivity index (χ2n) is 10.3. The molecule has 204 valence electrons. The third kappa shape index (κ3) is 5.93. The average molecular weight is 539 g/mol. The first-order valence-corrected chi connectivity index (χ1v) is 15.0. The van der Waals surface area contributed by atoms with Crippen molar-refractivity contribution in [3.63, 3.8) is 0 Å². The van der Waals surface area contributed by atoms with Gasteiger partial charge in [-0.2, -0.15) is 9.29 Å². The van der Waals surface area contributed by atoms with Crippen LogP contribution in [0.4, 0.5) is 11.8 Å². The van der Waals surface area contributed by atoms with E-state index in [0.29, 0.717) is 43.5 Å². The second-order valence-corrected chi connectivity index (χ2v) is 12.2. The summed E-state index contributed by atoms with van der Waals surface area (Å²) < 4.78 is 27.4. The van der Waals surface area contributed by atoms with Crippen LogP contribution >= 0.6 is 0 Å². The molecule has 0 saturated carbocycles. The van der Waals surface area contributed by atoms with Crippen molar-refractivity contribution in [3.8, 4) is 0 Å². The molecular weight excluding hydrogens is 500 g/mol. The number of hydrogen-bond acceptors (Lipinski definition) is 8. The van der Waals surface area contributed by atoms with Gasteiger partial charge in [-0.3, -0.25) is 4.90 Å². The van der Waals surface area contributed by atoms with Gasteiger partial charge in [-0.1, -0.05) is 30.3 Å². The lowest BCUT2D eigenvalue weighted by Gasteiger charge is -2.34. The number of piperazine rings is 1. The van der Waals surface area contributed by atoms with E-state index in [1.165, 1.54) is 0 Å². The summed E-state index contributed by atoms with van der Waals surface area (Å²) in [5.41, 5.74) is 2.08. The number of aryl methyl sites for hydroxylation is 1. The van der Waals surface area contributed by atoms with E-state index >= 15 is 0 Å². The standard InChI is InChI=1S/C28H38N6O3S/c1-22-7-5-11-25-26(22)30-28(33-14-6-8-23(21-35)12-15-33)31-27(25)29-13-16-32-17-19-34(20-18-32)38(36,37)24-9-3-2-4-10-24/h2-5,7,9-11,23,35H,6,8,12-21H2,1H3,(H,29,30,31). The molecule has 5 rings (SSSR count). The van der Waals surface area contributed by atoms with Gasteiger partial charge in [0.25, 0.3) is 0 Å². The van der Waals surface area contributed by atoms with Gasteiger partial charge >= 0.3 is 0 Å². The van der Waals surface area contributed by atoms with Crippen molar-refractivity contribution in [2.24, 2.45) is 5.92 Å². The zero-order chi connectivity index (χ0) is 26.5. The Morgan fingerprint density at radius 1 is 0.947 bits per heavy atom. The molecule has 3 aromatic rings. The summed E-state index contributed by atoms with van der Waals surface area (Å²) in [5, 5.41) is 14.2. The van der Waals surface area contributed by atoms with Gasteiger partial charge in [0.15, 0.2) is 0 Å². The SMILES string of the molecule is Cc1cccc2c(NCCN3CCN(S(=O)(=O)c4ccccc4)CC3)nc(N3CCCC(CO)CC3)nc12. The maximum Gasteiger partial charge on any atom is 0.243 e. The first-order valence-electron chi connectivity index (χ1n) is 13.6. The van der Waals surface area contributed by atoms with Crippen LogP contribution in [0, 0.1) is 12.8 Å². The van der Waals surface area contributed by atoms with Crippen LogP contribution in [0.15, 0.2) is 53.4 Å². The molecule has 3 heterocycles. The number of anilines is 2. The minimum absolute atomic E-state index is 0.241. The van der Waals surface area contributed by atoms with E-state index in [0.717, 1.165) is 67.1 Å². The highest BCUT2D eigenvalue weighted by Crippen LogP contribution is 2.28. The number of hydrogen-bond donors (Lipinski definition) is 2. The largest absolute Gasteiger partial charge is 0.396 e. The summed E-state index contributed by atoms with van der Waals surface area (Å²) in [4.78, 5) is 14.8. The normalized spacial score (nSPS) is 19.9. The molecule has 0 aliphatic carbocycles. The smallest absolute Gasteiger partial charge is 0.243 e. The maximum absolute atomic E-state index is 12.9. The lowest BCUT2D eigenvalue weighted by atomic mass is 10.0. The molecule has 0 bridgehead atoms. The van der Waals surface area contributed by atoms with Crippen LogP contribution in [-0.2, 0) is 10.0 Å². The fraction of sp³-hybridized carbons (Fsp3) is 0.500. The number of nitrogens with one attached hydrogen (secondary N) is 1. The first kappa shape index (κ1) is 26.8. The van der Waals surface area contributed by atoms with Crippen LogP contribution in [0.1, 0.15) is 24.8 Å². The number of para-hydroxylation sites is 1. The Bertz CT molecular complexity index is 1330. The fourth-order valence-corrected chi connectivity index (χ4v) is 6.82. The molecule has 1 atom stereocenters.